The normalized spacial score (nSPS) is 27.5. The Bertz CT molecular complexity index is 481. The maximum absolute atomic E-state index is 10.8. The first-order valence-electron chi connectivity index (χ1n) is 5.59. The van der Waals surface area contributed by atoms with Gasteiger partial charge in [0.25, 0.3) is 0 Å². The van der Waals surface area contributed by atoms with Crippen LogP contribution in [0.5, 0.6) is 0 Å². The topological polar surface area (TPSA) is 74.0 Å². The van der Waals surface area contributed by atoms with Crippen LogP contribution in [0, 0.1) is 23.2 Å². The summed E-state index contributed by atoms with van der Waals surface area (Å²) in [5.41, 5.74) is -0.486. The second kappa shape index (κ2) is 4.11. The fourth-order valence-corrected chi connectivity index (χ4v) is 3.18. The van der Waals surface area contributed by atoms with Crippen molar-refractivity contribution in [3.8, 4) is 6.07 Å². The number of carbonyl (C=O) groups is 1. The van der Waals surface area contributed by atoms with Gasteiger partial charge in [0.1, 0.15) is 10.4 Å². The number of nitrogens with zero attached hydrogens (tertiary/aromatic N) is 2. The smallest absolute Gasteiger partial charge is 0.355 e. The van der Waals surface area contributed by atoms with Gasteiger partial charge in [0.05, 0.1) is 6.07 Å². The van der Waals surface area contributed by atoms with Gasteiger partial charge in [-0.05, 0) is 24.7 Å². The van der Waals surface area contributed by atoms with Gasteiger partial charge in [-0.2, -0.15) is 5.26 Å². The zero-order valence-electron chi connectivity index (χ0n) is 9.80. The molecule has 0 radical (unpaired) electrons. The minimum atomic E-state index is -1.03. The molecule has 0 spiro atoms. The van der Waals surface area contributed by atoms with E-state index in [1.54, 1.807) is 0 Å². The van der Waals surface area contributed by atoms with Crippen LogP contribution < -0.4 is 0 Å². The van der Waals surface area contributed by atoms with Gasteiger partial charge in [0.15, 0.2) is 5.69 Å². The van der Waals surface area contributed by atoms with Crippen LogP contribution in [-0.2, 0) is 5.41 Å². The maximum Gasteiger partial charge on any atom is 0.355 e. The molecule has 0 aromatic carbocycles. The molecule has 1 aliphatic carbocycles. The lowest BCUT2D eigenvalue weighted by molar-refractivity contribution is 0.0690. The Morgan fingerprint density at radius 3 is 2.76 bits per heavy atom. The molecule has 1 fully saturated rings. The van der Waals surface area contributed by atoms with Crippen LogP contribution in [0.3, 0.4) is 0 Å². The predicted molar refractivity (Wildman–Crippen MR) is 63.9 cm³/mol. The first kappa shape index (κ1) is 12.1. The molecule has 4 nitrogen and oxygen atoms in total. The number of carboxylic acids is 1. The van der Waals surface area contributed by atoms with Crippen molar-refractivity contribution in [3.63, 3.8) is 0 Å². The summed E-state index contributed by atoms with van der Waals surface area (Å²) in [6.07, 6.45) is 1.60. The van der Waals surface area contributed by atoms with E-state index in [4.69, 9.17) is 5.11 Å². The van der Waals surface area contributed by atoms with E-state index < -0.39 is 11.4 Å². The highest BCUT2D eigenvalue weighted by molar-refractivity contribution is 7.10. The van der Waals surface area contributed by atoms with E-state index in [0.717, 1.165) is 12.8 Å². The van der Waals surface area contributed by atoms with Crippen molar-refractivity contribution >= 4 is 17.3 Å². The number of aromatic carboxylic acids is 1. The van der Waals surface area contributed by atoms with Crippen molar-refractivity contribution < 1.29 is 9.90 Å². The molecular formula is C12H14N2O2S. The minimum absolute atomic E-state index is 0.0487. The van der Waals surface area contributed by atoms with Crippen molar-refractivity contribution in [2.24, 2.45) is 11.8 Å². The van der Waals surface area contributed by atoms with Gasteiger partial charge in [-0.1, -0.05) is 13.8 Å². The van der Waals surface area contributed by atoms with E-state index in [-0.39, 0.29) is 5.69 Å². The average molecular weight is 250 g/mol. The van der Waals surface area contributed by atoms with Crippen LogP contribution in [-0.4, -0.2) is 16.1 Å². The van der Waals surface area contributed by atoms with Crippen LogP contribution in [0.4, 0.5) is 0 Å². The van der Waals surface area contributed by atoms with E-state index in [0.29, 0.717) is 16.8 Å². The summed E-state index contributed by atoms with van der Waals surface area (Å²) in [7, 11) is 0. The second-order valence-corrected chi connectivity index (χ2v) is 5.81. The Morgan fingerprint density at radius 1 is 1.71 bits per heavy atom. The number of nitriles is 1. The first-order chi connectivity index (χ1) is 7.98. The molecule has 1 aromatic rings. The van der Waals surface area contributed by atoms with Gasteiger partial charge in [-0.3, -0.25) is 0 Å². The van der Waals surface area contributed by atoms with Crippen LogP contribution in [0.2, 0.25) is 0 Å². The van der Waals surface area contributed by atoms with Crippen LogP contribution in [0.25, 0.3) is 0 Å². The Labute approximate surface area is 104 Å². The van der Waals surface area contributed by atoms with Gasteiger partial charge in [-0.25, -0.2) is 9.78 Å². The molecule has 17 heavy (non-hydrogen) atoms. The van der Waals surface area contributed by atoms with Crippen molar-refractivity contribution in [2.45, 2.75) is 32.1 Å². The van der Waals surface area contributed by atoms with Crippen molar-refractivity contribution in [1.82, 2.24) is 4.98 Å². The quantitative estimate of drug-likeness (QED) is 0.895. The fourth-order valence-electron chi connectivity index (χ4n) is 2.21. The Kier molecular flexibility index (Phi) is 2.92. The fraction of sp³-hybridized carbons (Fsp3) is 0.583. The van der Waals surface area contributed by atoms with E-state index in [1.807, 2.05) is 0 Å². The number of thiazole rings is 1. The monoisotopic (exact) mass is 250 g/mol. The molecule has 1 heterocycles. The highest BCUT2D eigenvalue weighted by Crippen LogP contribution is 2.50. The third-order valence-electron chi connectivity index (χ3n) is 3.51. The lowest BCUT2D eigenvalue weighted by Gasteiger charge is -2.43. The summed E-state index contributed by atoms with van der Waals surface area (Å²) in [5, 5.41) is 20.3. The van der Waals surface area contributed by atoms with Gasteiger partial charge < -0.3 is 5.11 Å². The zero-order chi connectivity index (χ0) is 12.6. The van der Waals surface area contributed by atoms with E-state index in [2.05, 4.69) is 24.9 Å². The Morgan fingerprint density at radius 2 is 2.35 bits per heavy atom. The van der Waals surface area contributed by atoms with Gasteiger partial charge in [-0.15, -0.1) is 11.3 Å². The van der Waals surface area contributed by atoms with Crippen molar-refractivity contribution in [2.75, 3.05) is 0 Å². The molecular weight excluding hydrogens is 236 g/mol. The van der Waals surface area contributed by atoms with Gasteiger partial charge in [0.2, 0.25) is 0 Å². The SMILES string of the molecule is CC(C)C1CC(C#N)(c2nc(C(=O)O)cs2)C1. The molecule has 0 bridgehead atoms. The minimum Gasteiger partial charge on any atom is -0.476 e. The number of carboxylic acid groups (broad SMARTS) is 1. The largest absolute Gasteiger partial charge is 0.476 e. The third-order valence-corrected chi connectivity index (χ3v) is 4.56. The number of hydrogen-bond donors (Lipinski definition) is 1. The van der Waals surface area contributed by atoms with Crippen LogP contribution in [0.1, 0.15) is 42.2 Å². The standard InChI is InChI=1S/C12H14N2O2S/c1-7(2)8-3-12(4-8,6-13)11-14-9(5-17-11)10(15)16/h5,7-8H,3-4H2,1-2H3,(H,15,16). The molecule has 90 valence electrons. The summed E-state index contributed by atoms with van der Waals surface area (Å²) in [4.78, 5) is 14.8. The summed E-state index contributed by atoms with van der Waals surface area (Å²) < 4.78 is 0. The van der Waals surface area contributed by atoms with Crippen LogP contribution >= 0.6 is 11.3 Å². The molecule has 0 aliphatic heterocycles. The summed E-state index contributed by atoms with van der Waals surface area (Å²) in [6, 6.07) is 2.32. The van der Waals surface area contributed by atoms with Crippen LogP contribution in [0.15, 0.2) is 5.38 Å². The van der Waals surface area contributed by atoms with Gasteiger partial charge in [0, 0.05) is 5.38 Å². The molecule has 0 atom stereocenters. The molecule has 1 aliphatic rings. The number of aromatic nitrogens is 1. The third kappa shape index (κ3) is 1.93. The van der Waals surface area contributed by atoms with Crippen molar-refractivity contribution in [1.29, 1.82) is 5.26 Å². The highest BCUT2D eigenvalue weighted by Gasteiger charge is 2.49. The number of hydrogen-bond acceptors (Lipinski definition) is 4. The van der Waals surface area contributed by atoms with E-state index in [9.17, 15) is 10.1 Å². The molecule has 2 rings (SSSR count). The molecule has 5 heteroatoms. The predicted octanol–water partition coefficient (Wildman–Crippen LogP) is 2.67. The summed E-state index contributed by atoms with van der Waals surface area (Å²) in [6.45, 7) is 4.30. The lowest BCUT2D eigenvalue weighted by Crippen LogP contribution is -2.42. The van der Waals surface area contributed by atoms with E-state index in [1.165, 1.54) is 16.7 Å². The lowest BCUT2D eigenvalue weighted by atomic mass is 9.60. The van der Waals surface area contributed by atoms with Crippen molar-refractivity contribution in [3.05, 3.63) is 16.1 Å². The van der Waals surface area contributed by atoms with E-state index >= 15 is 0 Å². The number of rotatable bonds is 3. The molecule has 0 saturated heterocycles. The van der Waals surface area contributed by atoms with Gasteiger partial charge >= 0.3 is 5.97 Å². The molecule has 1 saturated carbocycles. The maximum atomic E-state index is 10.8. The Balaban J connectivity index is 2.21. The molecule has 1 aromatic heterocycles. The summed E-state index contributed by atoms with van der Waals surface area (Å²) in [5.74, 6) is 0.0857. The average Bonchev–Trinajstić information content (AvgIpc) is 2.66. The zero-order valence-corrected chi connectivity index (χ0v) is 10.6. The Hall–Kier alpha value is -1.41. The molecule has 0 unspecified atom stereocenters. The summed E-state index contributed by atoms with van der Waals surface area (Å²) >= 11 is 1.28. The molecule has 1 N–H and O–H groups in total. The second-order valence-electron chi connectivity index (χ2n) is 4.95. The molecule has 0 amide bonds. The highest BCUT2D eigenvalue weighted by atomic mass is 32.1. The first-order valence-corrected chi connectivity index (χ1v) is 6.47.